The molecule has 3 heteroatoms. The van der Waals surface area contributed by atoms with E-state index >= 15 is 0 Å². The quantitative estimate of drug-likeness (QED) is 0.651. The van der Waals surface area contributed by atoms with Crippen LogP contribution in [0, 0.1) is 0 Å². The molecular formula is C12H26O2Si. The van der Waals surface area contributed by atoms with Gasteiger partial charge in [-0.2, -0.15) is 0 Å². The Morgan fingerprint density at radius 3 is 1.87 bits per heavy atom. The lowest BCUT2D eigenvalue weighted by Crippen LogP contribution is -2.39. The molecule has 0 spiro atoms. The van der Waals surface area contributed by atoms with Crippen LogP contribution in [0.25, 0.3) is 0 Å². The van der Waals surface area contributed by atoms with Crippen LogP contribution in [0.4, 0.5) is 0 Å². The summed E-state index contributed by atoms with van der Waals surface area (Å²) in [5.74, 6) is 0. The lowest BCUT2D eigenvalue weighted by Gasteiger charge is -2.40. The van der Waals surface area contributed by atoms with Gasteiger partial charge in [-0.15, -0.1) is 0 Å². The van der Waals surface area contributed by atoms with E-state index in [0.29, 0.717) is 5.04 Å². The van der Waals surface area contributed by atoms with Crippen LogP contribution in [0.15, 0.2) is 0 Å². The summed E-state index contributed by atoms with van der Waals surface area (Å²) in [6.07, 6.45) is 8.06. The molecule has 1 aliphatic rings. The Hall–Kier alpha value is 0.137. The summed E-state index contributed by atoms with van der Waals surface area (Å²) in [4.78, 5) is 0. The summed E-state index contributed by atoms with van der Waals surface area (Å²) in [5, 5.41) is 0.435. The van der Waals surface area contributed by atoms with Crippen LogP contribution in [-0.4, -0.2) is 22.5 Å². The van der Waals surface area contributed by atoms with E-state index in [9.17, 15) is 0 Å². The molecule has 2 nitrogen and oxygen atoms in total. The van der Waals surface area contributed by atoms with Crippen molar-refractivity contribution in [3.8, 4) is 0 Å². The van der Waals surface area contributed by atoms with Crippen LogP contribution in [0.2, 0.25) is 5.04 Å². The topological polar surface area (TPSA) is 18.5 Å². The molecule has 0 aromatic heterocycles. The van der Waals surface area contributed by atoms with E-state index in [1.54, 1.807) is 0 Å². The standard InChI is InChI=1S/C12H26O2Si/c1-4-12(10-8-7-9-11-12)15(13-5-2)14-6-3/h15H,4-11H2,1-3H3. The van der Waals surface area contributed by atoms with E-state index in [1.807, 2.05) is 0 Å². The first kappa shape index (κ1) is 13.2. The molecule has 0 N–H and O–H groups in total. The van der Waals surface area contributed by atoms with Gasteiger partial charge in [-0.05, 0) is 33.1 Å². The molecule has 0 amide bonds. The van der Waals surface area contributed by atoms with Crippen LogP contribution in [-0.2, 0) is 8.85 Å². The predicted molar refractivity (Wildman–Crippen MR) is 66.5 cm³/mol. The Morgan fingerprint density at radius 2 is 1.47 bits per heavy atom. The summed E-state index contributed by atoms with van der Waals surface area (Å²) in [5.41, 5.74) is 0. The van der Waals surface area contributed by atoms with Crippen LogP contribution < -0.4 is 0 Å². The fourth-order valence-electron chi connectivity index (χ4n) is 2.72. The largest absolute Gasteiger partial charge is 0.397 e. The smallest absolute Gasteiger partial charge is 0.327 e. The Bertz CT molecular complexity index is 161. The predicted octanol–water partition coefficient (Wildman–Crippen LogP) is 3.39. The Labute approximate surface area is 96.2 Å². The van der Waals surface area contributed by atoms with Crippen LogP contribution >= 0.6 is 0 Å². The lowest BCUT2D eigenvalue weighted by atomic mass is 9.86. The molecule has 0 heterocycles. The second kappa shape index (κ2) is 6.66. The molecule has 1 rings (SSSR count). The molecule has 1 saturated carbocycles. The molecule has 0 aliphatic heterocycles. The summed E-state index contributed by atoms with van der Waals surface area (Å²) in [6, 6.07) is 0. The maximum Gasteiger partial charge on any atom is 0.327 e. The highest BCUT2D eigenvalue weighted by Crippen LogP contribution is 2.48. The number of hydrogen-bond donors (Lipinski definition) is 0. The second-order valence-electron chi connectivity index (χ2n) is 4.52. The zero-order valence-corrected chi connectivity index (χ0v) is 11.7. The number of hydrogen-bond acceptors (Lipinski definition) is 2. The summed E-state index contributed by atoms with van der Waals surface area (Å²) in [6.45, 7) is 8.12. The fourth-order valence-corrected chi connectivity index (χ4v) is 5.34. The molecular weight excluding hydrogens is 204 g/mol. The van der Waals surface area contributed by atoms with Gasteiger partial charge in [-0.1, -0.05) is 26.2 Å². The van der Waals surface area contributed by atoms with Crippen molar-refractivity contribution >= 4 is 9.28 Å². The van der Waals surface area contributed by atoms with Gasteiger partial charge in [0.2, 0.25) is 0 Å². The van der Waals surface area contributed by atoms with Crippen LogP contribution in [0.5, 0.6) is 0 Å². The third-order valence-corrected chi connectivity index (χ3v) is 6.95. The van der Waals surface area contributed by atoms with Gasteiger partial charge in [0.1, 0.15) is 0 Å². The summed E-state index contributed by atoms with van der Waals surface area (Å²) in [7, 11) is -1.45. The third-order valence-electron chi connectivity index (χ3n) is 3.69. The van der Waals surface area contributed by atoms with Crippen molar-refractivity contribution in [2.75, 3.05) is 13.2 Å². The van der Waals surface area contributed by atoms with E-state index in [4.69, 9.17) is 8.85 Å². The second-order valence-corrected chi connectivity index (χ2v) is 7.07. The monoisotopic (exact) mass is 230 g/mol. The van der Waals surface area contributed by atoms with Crippen molar-refractivity contribution in [1.29, 1.82) is 0 Å². The molecule has 15 heavy (non-hydrogen) atoms. The first-order chi connectivity index (χ1) is 7.29. The number of rotatable bonds is 6. The molecule has 90 valence electrons. The average molecular weight is 230 g/mol. The molecule has 1 fully saturated rings. The summed E-state index contributed by atoms with van der Waals surface area (Å²) >= 11 is 0. The highest BCUT2D eigenvalue weighted by Gasteiger charge is 2.41. The Morgan fingerprint density at radius 1 is 0.933 bits per heavy atom. The van der Waals surface area contributed by atoms with E-state index in [1.165, 1.54) is 38.5 Å². The van der Waals surface area contributed by atoms with Gasteiger partial charge in [0.25, 0.3) is 0 Å². The minimum absolute atomic E-state index is 0.435. The molecule has 1 aliphatic carbocycles. The van der Waals surface area contributed by atoms with Gasteiger partial charge in [-0.3, -0.25) is 0 Å². The molecule has 0 saturated heterocycles. The van der Waals surface area contributed by atoms with Gasteiger partial charge in [0.05, 0.1) is 0 Å². The van der Waals surface area contributed by atoms with Crippen molar-refractivity contribution in [3.63, 3.8) is 0 Å². The SMILES string of the molecule is CCO[SiH](OCC)C1(CC)CCCCC1. The normalized spacial score (nSPS) is 20.8. The van der Waals surface area contributed by atoms with Gasteiger partial charge in [0, 0.05) is 18.3 Å². The van der Waals surface area contributed by atoms with Gasteiger partial charge < -0.3 is 8.85 Å². The van der Waals surface area contributed by atoms with Gasteiger partial charge >= 0.3 is 9.28 Å². The molecule has 0 atom stereocenters. The zero-order chi connectivity index (χ0) is 11.1. The maximum absolute atomic E-state index is 5.93. The summed E-state index contributed by atoms with van der Waals surface area (Å²) < 4.78 is 11.9. The maximum atomic E-state index is 5.93. The molecule has 0 bridgehead atoms. The third kappa shape index (κ3) is 3.30. The lowest BCUT2D eigenvalue weighted by molar-refractivity contribution is 0.164. The van der Waals surface area contributed by atoms with E-state index in [0.717, 1.165) is 13.2 Å². The fraction of sp³-hybridized carbons (Fsp3) is 1.00. The minimum Gasteiger partial charge on any atom is -0.397 e. The molecule has 0 radical (unpaired) electrons. The van der Waals surface area contributed by atoms with Crippen LogP contribution in [0.1, 0.15) is 59.3 Å². The average Bonchev–Trinajstić information content (AvgIpc) is 2.30. The van der Waals surface area contributed by atoms with E-state index in [-0.39, 0.29) is 0 Å². The van der Waals surface area contributed by atoms with E-state index in [2.05, 4.69) is 20.8 Å². The molecule has 0 aromatic carbocycles. The Kier molecular flexibility index (Phi) is 5.86. The van der Waals surface area contributed by atoms with Gasteiger partial charge in [-0.25, -0.2) is 0 Å². The van der Waals surface area contributed by atoms with Crippen molar-refractivity contribution < 1.29 is 8.85 Å². The Balaban J connectivity index is 2.65. The van der Waals surface area contributed by atoms with Crippen molar-refractivity contribution in [3.05, 3.63) is 0 Å². The van der Waals surface area contributed by atoms with Gasteiger partial charge in [0.15, 0.2) is 0 Å². The minimum atomic E-state index is -1.45. The first-order valence-electron chi connectivity index (χ1n) is 6.52. The van der Waals surface area contributed by atoms with Crippen LogP contribution in [0.3, 0.4) is 0 Å². The van der Waals surface area contributed by atoms with Crippen molar-refractivity contribution in [2.24, 2.45) is 0 Å². The highest BCUT2D eigenvalue weighted by atomic mass is 28.3. The molecule has 0 aromatic rings. The zero-order valence-electron chi connectivity index (χ0n) is 10.6. The highest BCUT2D eigenvalue weighted by molar-refractivity contribution is 6.48. The molecule has 0 unspecified atom stereocenters. The van der Waals surface area contributed by atoms with Crippen molar-refractivity contribution in [1.82, 2.24) is 0 Å². The first-order valence-corrected chi connectivity index (χ1v) is 8.04. The van der Waals surface area contributed by atoms with Crippen molar-refractivity contribution in [2.45, 2.75) is 64.3 Å². The van der Waals surface area contributed by atoms with E-state index < -0.39 is 9.28 Å².